The van der Waals surface area contributed by atoms with Crippen molar-refractivity contribution in [2.24, 2.45) is 0 Å². The summed E-state index contributed by atoms with van der Waals surface area (Å²) < 4.78 is 9.97. The number of nitriles is 1. The highest BCUT2D eigenvalue weighted by Crippen LogP contribution is 2.26. The van der Waals surface area contributed by atoms with Gasteiger partial charge in [0, 0.05) is 28.7 Å². The summed E-state index contributed by atoms with van der Waals surface area (Å²) in [6, 6.07) is 6.76. The number of nitrogen functional groups attached to an aromatic ring is 1. The van der Waals surface area contributed by atoms with Crippen molar-refractivity contribution in [1.82, 2.24) is 10.1 Å². The van der Waals surface area contributed by atoms with Crippen molar-refractivity contribution in [3.8, 4) is 11.8 Å². The summed E-state index contributed by atoms with van der Waals surface area (Å²) in [7, 11) is 1.42. The summed E-state index contributed by atoms with van der Waals surface area (Å²) in [5.41, 5.74) is 8.59. The molecule has 0 unspecified atom stereocenters. The predicted molar refractivity (Wildman–Crippen MR) is 101 cm³/mol. The average molecular weight is 376 g/mol. The molecular formula is C19H16N6O3. The van der Waals surface area contributed by atoms with E-state index < -0.39 is 5.91 Å². The molecule has 0 aliphatic heterocycles. The van der Waals surface area contributed by atoms with Gasteiger partial charge < -0.3 is 20.3 Å². The van der Waals surface area contributed by atoms with Gasteiger partial charge >= 0.3 is 0 Å². The Morgan fingerprint density at radius 3 is 2.82 bits per heavy atom. The number of benzene rings is 1. The quantitative estimate of drug-likeness (QED) is 0.457. The number of nitrogens with two attached hydrogens (primary N) is 1. The third-order valence-corrected chi connectivity index (χ3v) is 4.10. The Kier molecular flexibility index (Phi) is 5.04. The molecule has 0 aliphatic carbocycles. The van der Waals surface area contributed by atoms with Crippen molar-refractivity contribution in [2.45, 2.75) is 6.92 Å². The molecule has 1 amide bonds. The molecular weight excluding hydrogens is 360 g/mol. The summed E-state index contributed by atoms with van der Waals surface area (Å²) in [5, 5.41) is 23.7. The van der Waals surface area contributed by atoms with Crippen LogP contribution < -0.4 is 15.8 Å². The molecule has 3 rings (SSSR count). The number of hydrogen-bond acceptors (Lipinski definition) is 8. The van der Waals surface area contributed by atoms with E-state index in [0.29, 0.717) is 33.8 Å². The van der Waals surface area contributed by atoms with Crippen molar-refractivity contribution < 1.29 is 14.1 Å². The lowest BCUT2D eigenvalue weighted by Crippen LogP contribution is -2.17. The highest BCUT2D eigenvalue weighted by Gasteiger charge is 2.19. The molecule has 0 spiro atoms. The predicted octanol–water partition coefficient (Wildman–Crippen LogP) is 2.51. The van der Waals surface area contributed by atoms with Crippen LogP contribution in [0.1, 0.15) is 32.7 Å². The molecule has 0 aliphatic rings. The van der Waals surface area contributed by atoms with Gasteiger partial charge in [0.15, 0.2) is 0 Å². The van der Waals surface area contributed by atoms with E-state index in [9.17, 15) is 4.79 Å². The fraction of sp³-hybridized carbons (Fsp3) is 0.105. The molecule has 1 aromatic carbocycles. The minimum absolute atomic E-state index is 0.115. The van der Waals surface area contributed by atoms with E-state index in [1.165, 1.54) is 25.8 Å². The first-order chi connectivity index (χ1) is 13.5. The third-order valence-electron chi connectivity index (χ3n) is 4.10. The molecule has 0 fully saturated rings. The van der Waals surface area contributed by atoms with Gasteiger partial charge in [-0.2, -0.15) is 5.26 Å². The number of nitrogens with one attached hydrogen (secondary N) is 2. The van der Waals surface area contributed by atoms with Crippen LogP contribution in [-0.4, -0.2) is 28.9 Å². The summed E-state index contributed by atoms with van der Waals surface area (Å²) in [5.74, 6) is -0.178. The van der Waals surface area contributed by atoms with E-state index in [0.717, 1.165) is 0 Å². The lowest BCUT2D eigenvalue weighted by Gasteiger charge is -2.13. The fourth-order valence-corrected chi connectivity index (χ4v) is 2.69. The largest absolute Gasteiger partial charge is 0.495 e. The number of methoxy groups -OCH3 is 1. The lowest BCUT2D eigenvalue weighted by atomic mass is 10.0. The van der Waals surface area contributed by atoms with E-state index in [2.05, 4.69) is 15.5 Å². The van der Waals surface area contributed by atoms with E-state index in [1.54, 1.807) is 25.1 Å². The van der Waals surface area contributed by atoms with Gasteiger partial charge in [0.05, 0.1) is 24.6 Å². The SMILES string of the molecule is COc1c(C#N)cnc(C(=O)Nc2ccc(N)c(C(=N)c3cnoc3)c2)c1C. The number of pyridine rings is 1. The fourth-order valence-electron chi connectivity index (χ4n) is 2.69. The van der Waals surface area contributed by atoms with Crippen molar-refractivity contribution in [3.05, 3.63) is 64.8 Å². The second kappa shape index (κ2) is 7.59. The van der Waals surface area contributed by atoms with Crippen LogP contribution in [-0.2, 0) is 0 Å². The number of rotatable bonds is 5. The van der Waals surface area contributed by atoms with Gasteiger partial charge in [-0.1, -0.05) is 5.16 Å². The maximum absolute atomic E-state index is 12.7. The number of aromatic nitrogens is 2. The number of anilines is 2. The van der Waals surface area contributed by atoms with Gasteiger partial charge in [0.25, 0.3) is 5.91 Å². The Morgan fingerprint density at radius 1 is 1.39 bits per heavy atom. The van der Waals surface area contributed by atoms with E-state index in [4.69, 9.17) is 25.7 Å². The normalized spacial score (nSPS) is 10.2. The average Bonchev–Trinajstić information content (AvgIpc) is 3.23. The summed E-state index contributed by atoms with van der Waals surface area (Å²) in [6.07, 6.45) is 4.03. The van der Waals surface area contributed by atoms with Gasteiger partial charge in [-0.05, 0) is 25.1 Å². The van der Waals surface area contributed by atoms with Crippen molar-refractivity contribution >= 4 is 23.0 Å². The highest BCUT2D eigenvalue weighted by molar-refractivity contribution is 6.14. The number of nitrogens with zero attached hydrogens (tertiary/aromatic N) is 3. The first-order valence-corrected chi connectivity index (χ1v) is 8.09. The van der Waals surface area contributed by atoms with Gasteiger partial charge in [0.2, 0.25) is 0 Å². The zero-order valence-corrected chi connectivity index (χ0v) is 15.1. The minimum atomic E-state index is -0.479. The molecule has 4 N–H and O–H groups in total. The maximum Gasteiger partial charge on any atom is 0.274 e. The molecule has 28 heavy (non-hydrogen) atoms. The Morgan fingerprint density at radius 2 is 2.18 bits per heavy atom. The number of amides is 1. The highest BCUT2D eigenvalue weighted by atomic mass is 16.5. The van der Waals surface area contributed by atoms with Gasteiger partial charge in [-0.25, -0.2) is 4.98 Å². The molecule has 0 saturated heterocycles. The Labute approximate surface area is 160 Å². The first kappa shape index (κ1) is 18.6. The standard InChI is InChI=1S/C19H16N6O3/c1-10-17(23-7-11(6-20)18(10)27-2)19(26)25-13-3-4-15(21)14(5-13)16(22)12-8-24-28-9-12/h3-5,7-9,22H,21H2,1-2H3,(H,25,26). The molecule has 2 aromatic heterocycles. The summed E-state index contributed by atoms with van der Waals surface area (Å²) in [4.78, 5) is 16.7. The monoisotopic (exact) mass is 376 g/mol. The number of ether oxygens (including phenoxy) is 1. The molecule has 3 aromatic rings. The Hall–Kier alpha value is -4.19. The van der Waals surface area contributed by atoms with Crippen LogP contribution in [0.5, 0.6) is 5.75 Å². The van der Waals surface area contributed by atoms with Crippen molar-refractivity contribution in [2.75, 3.05) is 18.2 Å². The van der Waals surface area contributed by atoms with Gasteiger partial charge in [-0.3, -0.25) is 10.2 Å². The smallest absolute Gasteiger partial charge is 0.274 e. The van der Waals surface area contributed by atoms with Crippen molar-refractivity contribution in [1.29, 1.82) is 10.7 Å². The van der Waals surface area contributed by atoms with Crippen LogP contribution >= 0.6 is 0 Å². The third kappa shape index (κ3) is 3.39. The number of carbonyl (C=O) groups is 1. The molecule has 0 radical (unpaired) electrons. The molecule has 2 heterocycles. The van der Waals surface area contributed by atoms with E-state index >= 15 is 0 Å². The summed E-state index contributed by atoms with van der Waals surface area (Å²) in [6.45, 7) is 1.65. The van der Waals surface area contributed by atoms with Crippen LogP contribution in [0.4, 0.5) is 11.4 Å². The van der Waals surface area contributed by atoms with E-state index in [1.807, 2.05) is 6.07 Å². The van der Waals surface area contributed by atoms with Crippen LogP contribution in [0, 0.1) is 23.7 Å². The molecule has 9 nitrogen and oxygen atoms in total. The van der Waals surface area contributed by atoms with Crippen molar-refractivity contribution in [3.63, 3.8) is 0 Å². The second-order valence-electron chi connectivity index (χ2n) is 5.83. The zero-order valence-electron chi connectivity index (χ0n) is 15.1. The Bertz CT molecular complexity index is 1100. The zero-order chi connectivity index (χ0) is 20.3. The molecule has 9 heteroatoms. The van der Waals surface area contributed by atoms with Gasteiger partial charge in [0.1, 0.15) is 29.3 Å². The lowest BCUT2D eigenvalue weighted by molar-refractivity contribution is 0.102. The molecule has 140 valence electrons. The topological polar surface area (TPSA) is 151 Å². The number of hydrogen-bond donors (Lipinski definition) is 3. The summed E-state index contributed by atoms with van der Waals surface area (Å²) >= 11 is 0. The molecule has 0 saturated carbocycles. The van der Waals surface area contributed by atoms with Crippen LogP contribution in [0.15, 0.2) is 41.4 Å². The first-order valence-electron chi connectivity index (χ1n) is 8.09. The number of carbonyl (C=O) groups excluding carboxylic acids is 1. The molecule has 0 bridgehead atoms. The van der Waals surface area contributed by atoms with Crippen LogP contribution in [0.3, 0.4) is 0 Å². The van der Waals surface area contributed by atoms with Crippen LogP contribution in [0.25, 0.3) is 0 Å². The van der Waals surface area contributed by atoms with Crippen LogP contribution in [0.2, 0.25) is 0 Å². The second-order valence-corrected chi connectivity index (χ2v) is 5.83. The van der Waals surface area contributed by atoms with Gasteiger partial charge in [-0.15, -0.1) is 0 Å². The Balaban J connectivity index is 1.91. The maximum atomic E-state index is 12.7. The van der Waals surface area contributed by atoms with E-state index in [-0.39, 0.29) is 17.0 Å². The molecule has 0 atom stereocenters. The minimum Gasteiger partial charge on any atom is -0.495 e.